The van der Waals surface area contributed by atoms with Crippen LogP contribution in [-0.4, -0.2) is 80.7 Å². The van der Waals surface area contributed by atoms with Gasteiger partial charge in [-0.25, -0.2) is 4.98 Å². The molecule has 1 aliphatic heterocycles. The number of aliphatic imine (C=N–C) groups is 1. The summed E-state index contributed by atoms with van der Waals surface area (Å²) in [4.78, 5) is 15.8. The van der Waals surface area contributed by atoms with Gasteiger partial charge in [-0.2, -0.15) is 0 Å². The average Bonchev–Trinajstić information content (AvgIpc) is 2.59. The van der Waals surface area contributed by atoms with E-state index in [1.165, 1.54) is 0 Å². The largest absolute Gasteiger partial charge is 0.355 e. The first kappa shape index (κ1) is 20.0. The predicted molar refractivity (Wildman–Crippen MR) is 108 cm³/mol. The normalized spacial score (nSPS) is 15.6. The zero-order chi connectivity index (χ0) is 15.8. The fraction of sp³-hybridized carbons (Fsp3) is 0.625. The summed E-state index contributed by atoms with van der Waals surface area (Å²) in [6, 6.07) is 6.07. The second-order valence-corrected chi connectivity index (χ2v) is 5.53. The molecule has 0 bridgehead atoms. The molecule has 6 nitrogen and oxygen atoms in total. The highest BCUT2D eigenvalue weighted by molar-refractivity contribution is 14.0. The van der Waals surface area contributed by atoms with Crippen LogP contribution in [0.25, 0.3) is 0 Å². The van der Waals surface area contributed by atoms with E-state index < -0.39 is 0 Å². The Hall–Kier alpha value is -1.09. The Balaban J connectivity index is 0.00000264. The molecule has 7 heteroatoms. The fourth-order valence-electron chi connectivity index (χ4n) is 2.54. The second-order valence-electron chi connectivity index (χ2n) is 5.53. The van der Waals surface area contributed by atoms with E-state index in [0.29, 0.717) is 0 Å². The smallest absolute Gasteiger partial charge is 0.193 e. The summed E-state index contributed by atoms with van der Waals surface area (Å²) in [7, 11) is 3.99. The molecule has 2 rings (SSSR count). The van der Waals surface area contributed by atoms with Crippen LogP contribution in [0.1, 0.15) is 6.92 Å². The van der Waals surface area contributed by atoms with Gasteiger partial charge in [0, 0.05) is 52.5 Å². The van der Waals surface area contributed by atoms with E-state index in [1.54, 1.807) is 0 Å². The number of likely N-dealkylation sites (N-methyl/N-ethyl adjacent to an activating group) is 1. The third-order valence-electron chi connectivity index (χ3n) is 4.08. The molecule has 1 fully saturated rings. The van der Waals surface area contributed by atoms with Crippen LogP contribution in [-0.2, 0) is 0 Å². The molecule has 2 heterocycles. The molecule has 0 spiro atoms. The van der Waals surface area contributed by atoms with Crippen LogP contribution >= 0.6 is 24.0 Å². The Labute approximate surface area is 157 Å². The molecule has 0 saturated carbocycles. The highest BCUT2D eigenvalue weighted by atomic mass is 127. The summed E-state index contributed by atoms with van der Waals surface area (Å²) in [5.41, 5.74) is 0. The topological polar surface area (TPSA) is 47.0 Å². The van der Waals surface area contributed by atoms with Crippen molar-refractivity contribution < 1.29 is 0 Å². The van der Waals surface area contributed by atoms with E-state index in [9.17, 15) is 0 Å². The lowest BCUT2D eigenvalue weighted by Crippen LogP contribution is -2.53. The maximum absolute atomic E-state index is 4.43. The Morgan fingerprint density at radius 3 is 2.61 bits per heavy atom. The molecule has 1 N–H and O–H groups in total. The van der Waals surface area contributed by atoms with Gasteiger partial charge in [0.1, 0.15) is 5.82 Å². The summed E-state index contributed by atoms with van der Waals surface area (Å²) in [6.45, 7) is 9.11. The van der Waals surface area contributed by atoms with Gasteiger partial charge in [-0.1, -0.05) is 13.0 Å². The van der Waals surface area contributed by atoms with E-state index in [1.807, 2.05) is 25.4 Å². The van der Waals surface area contributed by atoms with Crippen LogP contribution in [0.5, 0.6) is 0 Å². The zero-order valence-electron chi connectivity index (χ0n) is 14.4. The molecule has 1 saturated heterocycles. The van der Waals surface area contributed by atoms with Gasteiger partial charge in [0.05, 0.1) is 0 Å². The Kier molecular flexibility index (Phi) is 9.23. The van der Waals surface area contributed by atoms with E-state index in [2.05, 4.69) is 50.0 Å². The van der Waals surface area contributed by atoms with E-state index >= 15 is 0 Å². The highest BCUT2D eigenvalue weighted by Gasteiger charge is 2.20. The lowest BCUT2D eigenvalue weighted by atomic mass is 10.3. The van der Waals surface area contributed by atoms with Gasteiger partial charge in [0.15, 0.2) is 5.96 Å². The maximum Gasteiger partial charge on any atom is 0.193 e. The van der Waals surface area contributed by atoms with Gasteiger partial charge in [-0.3, -0.25) is 4.99 Å². The number of pyridine rings is 1. The third kappa shape index (κ3) is 6.14. The number of halogens is 1. The average molecular weight is 432 g/mol. The van der Waals surface area contributed by atoms with Crippen molar-refractivity contribution in [3.8, 4) is 0 Å². The van der Waals surface area contributed by atoms with E-state index in [-0.39, 0.29) is 24.0 Å². The van der Waals surface area contributed by atoms with Crippen molar-refractivity contribution in [3.63, 3.8) is 0 Å². The first-order valence-electron chi connectivity index (χ1n) is 8.04. The van der Waals surface area contributed by atoms with Gasteiger partial charge in [-0.15, -0.1) is 24.0 Å². The van der Waals surface area contributed by atoms with Crippen molar-refractivity contribution in [2.24, 2.45) is 4.99 Å². The van der Waals surface area contributed by atoms with Crippen molar-refractivity contribution in [2.45, 2.75) is 6.92 Å². The van der Waals surface area contributed by atoms with E-state index in [0.717, 1.165) is 57.6 Å². The first-order valence-corrected chi connectivity index (χ1v) is 8.04. The van der Waals surface area contributed by atoms with Crippen LogP contribution in [0.15, 0.2) is 29.4 Å². The van der Waals surface area contributed by atoms with Gasteiger partial charge in [-0.05, 0) is 25.7 Å². The van der Waals surface area contributed by atoms with Gasteiger partial charge >= 0.3 is 0 Å². The van der Waals surface area contributed by atoms with Crippen molar-refractivity contribution in [2.75, 3.05) is 64.8 Å². The monoisotopic (exact) mass is 432 g/mol. The summed E-state index contributed by atoms with van der Waals surface area (Å²) in [6.07, 6.45) is 1.85. The molecular weight excluding hydrogens is 403 g/mol. The summed E-state index contributed by atoms with van der Waals surface area (Å²) >= 11 is 0. The number of guanidine groups is 1. The number of nitrogens with one attached hydrogen (secondary N) is 1. The van der Waals surface area contributed by atoms with Crippen LogP contribution in [0.3, 0.4) is 0 Å². The zero-order valence-corrected chi connectivity index (χ0v) is 16.7. The lowest BCUT2D eigenvalue weighted by Gasteiger charge is -2.37. The molecule has 23 heavy (non-hydrogen) atoms. The molecular formula is C16H29IN6. The molecule has 0 unspecified atom stereocenters. The molecule has 0 amide bonds. The number of hydrogen-bond acceptors (Lipinski definition) is 4. The molecule has 0 atom stereocenters. The minimum Gasteiger partial charge on any atom is -0.355 e. The number of hydrogen-bond donors (Lipinski definition) is 1. The molecule has 1 aliphatic rings. The quantitative estimate of drug-likeness (QED) is 0.433. The number of rotatable bonds is 5. The third-order valence-corrected chi connectivity index (χ3v) is 4.08. The number of piperazine rings is 1. The van der Waals surface area contributed by atoms with Crippen LogP contribution in [0.4, 0.5) is 5.82 Å². The Morgan fingerprint density at radius 1 is 1.30 bits per heavy atom. The minimum absolute atomic E-state index is 0. The number of aromatic nitrogens is 1. The predicted octanol–water partition coefficient (Wildman–Crippen LogP) is 1.35. The van der Waals surface area contributed by atoms with Crippen LogP contribution in [0, 0.1) is 0 Å². The Morgan fingerprint density at radius 2 is 2.04 bits per heavy atom. The highest BCUT2D eigenvalue weighted by Crippen LogP contribution is 2.12. The maximum atomic E-state index is 4.43. The van der Waals surface area contributed by atoms with Crippen molar-refractivity contribution in [1.29, 1.82) is 0 Å². The van der Waals surface area contributed by atoms with Crippen LogP contribution < -0.4 is 10.2 Å². The second kappa shape index (κ2) is 10.6. The lowest BCUT2D eigenvalue weighted by molar-refractivity contribution is 0.343. The molecule has 0 aromatic carbocycles. The van der Waals surface area contributed by atoms with Crippen LogP contribution in [0.2, 0.25) is 0 Å². The van der Waals surface area contributed by atoms with Crippen molar-refractivity contribution in [1.82, 2.24) is 20.1 Å². The van der Waals surface area contributed by atoms with E-state index in [4.69, 9.17) is 0 Å². The number of anilines is 1. The molecule has 0 aliphatic carbocycles. The molecule has 1 aromatic rings. The van der Waals surface area contributed by atoms with Crippen molar-refractivity contribution in [3.05, 3.63) is 24.4 Å². The van der Waals surface area contributed by atoms with Crippen molar-refractivity contribution >= 4 is 35.8 Å². The summed E-state index contributed by atoms with van der Waals surface area (Å²) in [5.74, 6) is 2.07. The molecule has 1 aromatic heterocycles. The van der Waals surface area contributed by atoms with Gasteiger partial charge in [0.25, 0.3) is 0 Å². The number of nitrogens with zero attached hydrogens (tertiary/aromatic N) is 5. The molecule has 0 radical (unpaired) electrons. The summed E-state index contributed by atoms with van der Waals surface area (Å²) < 4.78 is 0. The summed E-state index contributed by atoms with van der Waals surface area (Å²) in [5, 5.41) is 3.46. The first-order chi connectivity index (χ1) is 10.7. The van der Waals surface area contributed by atoms with Gasteiger partial charge < -0.3 is 20.0 Å². The minimum atomic E-state index is 0. The SMILES string of the molecule is CCN(C)CCNC(=NC)N1CCN(c2ccccn2)CC1.I. The fourth-order valence-corrected chi connectivity index (χ4v) is 2.54. The standard InChI is InChI=1S/C16H28N6.HI/c1-4-20(3)10-9-19-16(17-2)22-13-11-21(12-14-22)15-7-5-6-8-18-15;/h5-8H,4,9-14H2,1-3H3,(H,17,19);1H. The van der Waals surface area contributed by atoms with Gasteiger partial charge in [0.2, 0.25) is 0 Å². The molecule has 130 valence electrons. The Bertz CT molecular complexity index is 459.